The van der Waals surface area contributed by atoms with Crippen molar-refractivity contribution in [1.29, 1.82) is 0 Å². The Hall–Kier alpha value is -1.64. The molecule has 0 unspecified atom stereocenters. The Labute approximate surface area is 185 Å². The maximum atomic E-state index is 13.6. The van der Waals surface area contributed by atoms with Gasteiger partial charge < -0.3 is 14.6 Å². The Morgan fingerprint density at radius 1 is 1.19 bits per heavy atom. The summed E-state index contributed by atoms with van der Waals surface area (Å²) in [6.07, 6.45) is 4.34. The van der Waals surface area contributed by atoms with Gasteiger partial charge in [-0.3, -0.25) is 4.79 Å². The molecule has 31 heavy (non-hydrogen) atoms. The monoisotopic (exact) mass is 453 g/mol. The van der Waals surface area contributed by atoms with Gasteiger partial charge in [-0.25, -0.2) is 8.42 Å². The number of nitrogens with zero attached hydrogens (tertiary/aromatic N) is 1. The zero-order chi connectivity index (χ0) is 22.8. The number of esters is 1. The molecule has 3 atom stereocenters. The van der Waals surface area contributed by atoms with E-state index in [1.54, 1.807) is 39.0 Å². The third-order valence-electron chi connectivity index (χ3n) is 5.85. The van der Waals surface area contributed by atoms with Crippen LogP contribution in [-0.4, -0.2) is 54.7 Å². The van der Waals surface area contributed by atoms with Crippen LogP contribution < -0.4 is 4.74 Å². The van der Waals surface area contributed by atoms with Crippen molar-refractivity contribution in [3.8, 4) is 5.75 Å². The fourth-order valence-electron chi connectivity index (χ4n) is 4.37. The van der Waals surface area contributed by atoms with E-state index in [9.17, 15) is 18.3 Å². The van der Waals surface area contributed by atoms with E-state index in [1.807, 2.05) is 6.92 Å². The summed E-state index contributed by atoms with van der Waals surface area (Å²) in [5, 5.41) is 9.51. The highest BCUT2D eigenvalue weighted by atomic mass is 32.2. The number of sulfonamides is 1. The maximum absolute atomic E-state index is 13.6. The maximum Gasteiger partial charge on any atom is 0.324 e. The molecule has 1 aliphatic heterocycles. The Morgan fingerprint density at radius 2 is 1.94 bits per heavy atom. The number of aliphatic hydroxyl groups excluding tert-OH is 1. The normalized spacial score (nSPS) is 25.4. The highest BCUT2D eigenvalue weighted by Gasteiger charge is 2.42. The lowest BCUT2D eigenvalue weighted by molar-refractivity contribution is -0.158. The summed E-state index contributed by atoms with van der Waals surface area (Å²) in [6.45, 7) is 7.59. The third-order valence-corrected chi connectivity index (χ3v) is 7.80. The molecule has 1 aromatic rings. The first-order valence-corrected chi connectivity index (χ1v) is 12.6. The summed E-state index contributed by atoms with van der Waals surface area (Å²) in [7, 11) is -3.95. The SMILES string of the molecule is Cc1ccc(S(=O)(=O)N2CCC[C@H]2C(=O)OC(C)(C)C)c(O[C@H]2CCC[C@@H](CO)C2)c1. The van der Waals surface area contributed by atoms with Crippen LogP contribution in [-0.2, 0) is 19.6 Å². The largest absolute Gasteiger partial charge is 0.489 e. The molecule has 7 nitrogen and oxygen atoms in total. The third kappa shape index (κ3) is 5.79. The lowest BCUT2D eigenvalue weighted by atomic mass is 9.88. The lowest BCUT2D eigenvalue weighted by Crippen LogP contribution is -2.43. The number of aliphatic hydroxyl groups is 1. The number of carbonyl (C=O) groups is 1. The molecule has 1 saturated carbocycles. The molecule has 1 heterocycles. The van der Waals surface area contributed by atoms with Gasteiger partial charge in [0.25, 0.3) is 0 Å². The zero-order valence-corrected chi connectivity index (χ0v) is 19.8. The standard InChI is InChI=1S/C23H35NO6S/c1-16-10-11-21(20(13-16)29-18-8-5-7-17(14-18)15-25)31(27,28)24-12-6-9-19(24)22(26)30-23(2,3)4/h10-11,13,17-19,25H,5-9,12,14-15H2,1-4H3/t17-,18+,19+/m1/s1. The van der Waals surface area contributed by atoms with Gasteiger partial charge in [0, 0.05) is 13.2 Å². The van der Waals surface area contributed by atoms with Crippen LogP contribution in [0.15, 0.2) is 23.1 Å². The van der Waals surface area contributed by atoms with Gasteiger partial charge in [0.05, 0.1) is 6.10 Å². The molecule has 0 spiro atoms. The predicted molar refractivity (Wildman–Crippen MR) is 117 cm³/mol. The quantitative estimate of drug-likeness (QED) is 0.664. The van der Waals surface area contributed by atoms with Crippen molar-refractivity contribution in [1.82, 2.24) is 4.31 Å². The van der Waals surface area contributed by atoms with E-state index in [2.05, 4.69) is 0 Å². The highest BCUT2D eigenvalue weighted by molar-refractivity contribution is 7.89. The van der Waals surface area contributed by atoms with Crippen LogP contribution in [0.2, 0.25) is 0 Å². The first-order valence-electron chi connectivity index (χ1n) is 11.1. The summed E-state index contributed by atoms with van der Waals surface area (Å²) in [4.78, 5) is 12.8. The summed E-state index contributed by atoms with van der Waals surface area (Å²) >= 11 is 0. The van der Waals surface area contributed by atoms with Crippen molar-refractivity contribution in [2.24, 2.45) is 5.92 Å². The van der Waals surface area contributed by atoms with Gasteiger partial charge in [-0.05, 0) is 89.8 Å². The molecule has 3 rings (SSSR count). The summed E-state index contributed by atoms with van der Waals surface area (Å²) in [5.41, 5.74) is 0.214. The average molecular weight is 454 g/mol. The lowest BCUT2D eigenvalue weighted by Gasteiger charge is -2.30. The van der Waals surface area contributed by atoms with Gasteiger partial charge in [-0.15, -0.1) is 0 Å². The Bertz CT molecular complexity index is 892. The van der Waals surface area contributed by atoms with E-state index in [1.165, 1.54) is 4.31 Å². The zero-order valence-electron chi connectivity index (χ0n) is 19.0. The molecule has 174 valence electrons. The minimum atomic E-state index is -3.95. The second-order valence-electron chi connectivity index (χ2n) is 9.71. The van der Waals surface area contributed by atoms with Crippen LogP contribution in [0.1, 0.15) is 64.9 Å². The van der Waals surface area contributed by atoms with E-state index >= 15 is 0 Å². The number of carbonyl (C=O) groups excluding carboxylic acids is 1. The van der Waals surface area contributed by atoms with Crippen molar-refractivity contribution in [3.63, 3.8) is 0 Å². The van der Waals surface area contributed by atoms with E-state index in [-0.39, 0.29) is 30.1 Å². The van der Waals surface area contributed by atoms with Crippen LogP contribution in [0.5, 0.6) is 5.75 Å². The molecule has 8 heteroatoms. The number of benzene rings is 1. The van der Waals surface area contributed by atoms with Crippen LogP contribution in [0.3, 0.4) is 0 Å². The smallest absolute Gasteiger partial charge is 0.324 e. The van der Waals surface area contributed by atoms with Crippen LogP contribution in [0, 0.1) is 12.8 Å². The Kier molecular flexibility index (Phi) is 7.33. The molecule has 0 aromatic heterocycles. The van der Waals surface area contributed by atoms with Gasteiger partial charge in [-0.1, -0.05) is 6.07 Å². The van der Waals surface area contributed by atoms with Gasteiger partial charge >= 0.3 is 5.97 Å². The van der Waals surface area contributed by atoms with E-state index in [4.69, 9.17) is 9.47 Å². The van der Waals surface area contributed by atoms with E-state index < -0.39 is 27.6 Å². The second-order valence-corrected chi connectivity index (χ2v) is 11.6. The van der Waals surface area contributed by atoms with Crippen LogP contribution >= 0.6 is 0 Å². The summed E-state index contributed by atoms with van der Waals surface area (Å²) < 4.78 is 40.1. The number of rotatable bonds is 6. The molecule has 0 radical (unpaired) electrons. The second kappa shape index (κ2) is 9.46. The molecule has 1 aromatic carbocycles. The van der Waals surface area contributed by atoms with Crippen LogP contribution in [0.25, 0.3) is 0 Å². The van der Waals surface area contributed by atoms with Crippen molar-refractivity contribution in [2.45, 2.75) is 88.9 Å². The fourth-order valence-corrected chi connectivity index (χ4v) is 6.12. The fraction of sp³-hybridized carbons (Fsp3) is 0.696. The van der Waals surface area contributed by atoms with E-state index in [0.29, 0.717) is 25.0 Å². The molecule has 1 saturated heterocycles. The average Bonchev–Trinajstić information content (AvgIpc) is 3.18. The molecule has 0 bridgehead atoms. The molecular weight excluding hydrogens is 418 g/mol. The minimum Gasteiger partial charge on any atom is -0.489 e. The van der Waals surface area contributed by atoms with Gasteiger partial charge in [0.2, 0.25) is 10.0 Å². The Balaban J connectivity index is 1.87. The van der Waals surface area contributed by atoms with E-state index in [0.717, 1.165) is 24.8 Å². The molecule has 0 amide bonds. The van der Waals surface area contributed by atoms with Gasteiger partial charge in [-0.2, -0.15) is 4.31 Å². The molecule has 2 fully saturated rings. The first kappa shape index (κ1) is 24.0. The van der Waals surface area contributed by atoms with Crippen molar-refractivity contribution >= 4 is 16.0 Å². The number of aryl methyl sites for hydroxylation is 1. The van der Waals surface area contributed by atoms with Crippen molar-refractivity contribution in [3.05, 3.63) is 23.8 Å². The topological polar surface area (TPSA) is 93.1 Å². The van der Waals surface area contributed by atoms with Gasteiger partial charge in [0.1, 0.15) is 22.3 Å². The first-order chi connectivity index (χ1) is 14.5. The van der Waals surface area contributed by atoms with Crippen molar-refractivity contribution in [2.75, 3.05) is 13.2 Å². The molecular formula is C23H35NO6S. The minimum absolute atomic E-state index is 0.0830. The van der Waals surface area contributed by atoms with Crippen molar-refractivity contribution < 1.29 is 27.8 Å². The predicted octanol–water partition coefficient (Wildman–Crippen LogP) is 3.42. The number of hydrogen-bond donors (Lipinski definition) is 1. The molecule has 1 N–H and O–H groups in total. The summed E-state index contributed by atoms with van der Waals surface area (Å²) in [6, 6.07) is 4.23. The van der Waals surface area contributed by atoms with Gasteiger partial charge in [0.15, 0.2) is 0 Å². The molecule has 1 aliphatic carbocycles. The van der Waals surface area contributed by atoms with Crippen LogP contribution in [0.4, 0.5) is 0 Å². The number of hydrogen-bond acceptors (Lipinski definition) is 6. The molecule has 2 aliphatic rings. The number of ether oxygens (including phenoxy) is 2. The Morgan fingerprint density at radius 3 is 2.61 bits per heavy atom. The summed E-state index contributed by atoms with van der Waals surface area (Å²) in [5.74, 6) is -0.0154. The highest BCUT2D eigenvalue weighted by Crippen LogP contribution is 2.35.